The highest BCUT2D eigenvalue weighted by Gasteiger charge is 2.51. The van der Waals surface area contributed by atoms with Gasteiger partial charge in [0.2, 0.25) is 0 Å². The molecule has 6 aliphatic rings. The minimum absolute atomic E-state index is 0.0311. The van der Waals surface area contributed by atoms with Crippen molar-refractivity contribution < 1.29 is 103 Å². The Morgan fingerprint density at radius 1 is 0.570 bits per heavy atom. The minimum atomic E-state index is -3.15. The van der Waals surface area contributed by atoms with Crippen LogP contribution in [-0.4, -0.2) is 246 Å². The van der Waals surface area contributed by atoms with E-state index >= 15 is 0 Å². The summed E-state index contributed by atoms with van der Waals surface area (Å²) in [4.78, 5) is 106. The van der Waals surface area contributed by atoms with E-state index in [0.717, 1.165) is 6.07 Å². The van der Waals surface area contributed by atoms with Gasteiger partial charge in [-0.3, -0.25) is 39.4 Å². The second kappa shape index (κ2) is 39.9. The molecular formula is C73H76Br2ClF8N13O14S3. The summed E-state index contributed by atoms with van der Waals surface area (Å²) in [6.45, 7) is 1.81. The molecule has 41 heteroatoms. The fourth-order valence-corrected chi connectivity index (χ4v) is 16.5. The second-order valence-electron chi connectivity index (χ2n) is 26.4. The summed E-state index contributed by atoms with van der Waals surface area (Å²) >= 11 is 17.0. The molecule has 3 fully saturated rings. The number of thiazole rings is 3. The summed E-state index contributed by atoms with van der Waals surface area (Å²) in [6, 6.07) is 8.79. The van der Waals surface area contributed by atoms with E-state index in [1.165, 1.54) is 86.3 Å². The molecule has 612 valence electrons. The lowest BCUT2D eigenvalue weighted by Crippen LogP contribution is -2.44. The molecule has 6 aromatic rings. The summed E-state index contributed by atoms with van der Waals surface area (Å²) in [5.41, 5.74) is 2.80. The molecule has 114 heavy (non-hydrogen) atoms. The van der Waals surface area contributed by atoms with E-state index in [0.29, 0.717) is 76.1 Å². The van der Waals surface area contributed by atoms with Crippen LogP contribution >= 0.6 is 77.5 Å². The minimum Gasteiger partial charge on any atom is -0.480 e. The summed E-state index contributed by atoms with van der Waals surface area (Å²) in [7, 11) is 1.68. The van der Waals surface area contributed by atoms with Gasteiger partial charge in [0.05, 0.1) is 81.2 Å². The molecule has 6 aliphatic heterocycles. The Morgan fingerprint density at radius 3 is 1.30 bits per heavy atom. The Bertz CT molecular complexity index is 4480. The molecule has 3 aromatic heterocycles. The van der Waals surface area contributed by atoms with Crippen LogP contribution in [0.1, 0.15) is 77.0 Å². The molecule has 6 N–H and O–H groups in total. The number of nitrogens with one attached hydrogen (secondary N) is 3. The number of aliphatic imine (C=N–C) groups is 3. The van der Waals surface area contributed by atoms with Crippen molar-refractivity contribution in [1.82, 2.24) is 50.5 Å². The fraction of sp³-hybridized carbons (Fsp3) is 0.425. The molecule has 0 bridgehead atoms. The highest BCUT2D eigenvalue weighted by molar-refractivity contribution is 9.10. The number of carboxylic acids is 3. The molecule has 0 aliphatic carbocycles. The van der Waals surface area contributed by atoms with Crippen molar-refractivity contribution in [3.63, 3.8) is 0 Å². The van der Waals surface area contributed by atoms with E-state index in [1.54, 1.807) is 73.5 Å². The maximum absolute atomic E-state index is 14.8. The number of esters is 3. The van der Waals surface area contributed by atoms with E-state index in [1.807, 2.05) is 4.90 Å². The van der Waals surface area contributed by atoms with Gasteiger partial charge in [-0.1, -0.05) is 61.7 Å². The smallest absolute Gasteiger partial charge is 0.338 e. The van der Waals surface area contributed by atoms with Gasteiger partial charge in [-0.05, 0) is 81.8 Å². The van der Waals surface area contributed by atoms with Crippen molar-refractivity contribution in [3.8, 4) is 0 Å². The van der Waals surface area contributed by atoms with E-state index in [-0.39, 0.29) is 106 Å². The van der Waals surface area contributed by atoms with Gasteiger partial charge in [-0.15, -0.1) is 34.0 Å². The van der Waals surface area contributed by atoms with Gasteiger partial charge >= 0.3 is 35.8 Å². The number of amidine groups is 3. The SMILES string of the molecule is CCOC(=O)C1=C(CN2CC(COCC(=O)O)C(F)(F)C2)NC(c2nccs2)=N[C@H]1c1ccc(F)cc1Br.CCOC(=O)C1=C(CN2CC(COCC(=O)O)C(F)(F)C2)NC(c2nccs2)=N[C@H]1c1ccc(F)cc1Cl.CCOC(=O)C1=C(CN2CC(F)CC2CN(C)CC(=O)O)NC(c2nccs2)=N[C@H]1c1ccc(F)cc1Br. The Balaban J connectivity index is 0.000000181. The third-order valence-electron chi connectivity index (χ3n) is 18.2. The zero-order chi connectivity index (χ0) is 82.3. The number of ether oxygens (including phenoxy) is 5. The zero-order valence-electron chi connectivity index (χ0n) is 61.1. The highest BCUT2D eigenvalue weighted by atomic mass is 79.9. The van der Waals surface area contributed by atoms with E-state index < -0.39 is 141 Å². The number of likely N-dealkylation sites (tertiary alicyclic amines) is 3. The first-order valence-electron chi connectivity index (χ1n) is 35.2. The number of benzene rings is 3. The maximum atomic E-state index is 14.8. The molecule has 0 amide bonds. The fourth-order valence-electron chi connectivity index (χ4n) is 13.4. The quantitative estimate of drug-likeness (QED) is 0.0139. The Hall–Kier alpha value is -8.55. The molecule has 7 atom stereocenters. The molecule has 3 aromatic carbocycles. The van der Waals surface area contributed by atoms with Gasteiger partial charge in [0.25, 0.3) is 11.8 Å². The van der Waals surface area contributed by atoms with Crippen LogP contribution in [0.3, 0.4) is 0 Å². The molecule has 4 unspecified atom stereocenters. The van der Waals surface area contributed by atoms with Crippen molar-refractivity contribution >= 4 is 131 Å². The number of nitrogens with zero attached hydrogens (tertiary/aromatic N) is 10. The number of halogens is 11. The predicted octanol–water partition coefficient (Wildman–Crippen LogP) is 10.5. The summed E-state index contributed by atoms with van der Waals surface area (Å²) in [5.74, 6) is -14.7. The molecule has 27 nitrogen and oxygen atoms in total. The molecule has 0 spiro atoms. The van der Waals surface area contributed by atoms with Crippen molar-refractivity contribution in [1.29, 1.82) is 0 Å². The van der Waals surface area contributed by atoms with E-state index in [2.05, 4.69) is 67.8 Å². The highest BCUT2D eigenvalue weighted by Crippen LogP contribution is 2.43. The van der Waals surface area contributed by atoms with Gasteiger partial charge in [-0.2, -0.15) is 0 Å². The number of carbonyl (C=O) groups is 6. The summed E-state index contributed by atoms with van der Waals surface area (Å²) < 4.78 is 142. The number of carboxylic acid groups (broad SMARTS) is 3. The number of aliphatic carboxylic acids is 3. The average Bonchev–Trinajstić information content (AvgIpc) is 1.18. The van der Waals surface area contributed by atoms with E-state index in [9.17, 15) is 63.9 Å². The van der Waals surface area contributed by atoms with Crippen LogP contribution < -0.4 is 16.0 Å². The Labute approximate surface area is 681 Å². The Kier molecular flexibility index (Phi) is 30.7. The van der Waals surface area contributed by atoms with Gasteiger partial charge in [0.1, 0.15) is 55.0 Å². The Morgan fingerprint density at radius 2 is 0.947 bits per heavy atom. The molecule has 9 heterocycles. The summed E-state index contributed by atoms with van der Waals surface area (Å²) in [5, 5.41) is 42.9. The van der Waals surface area contributed by atoms with Gasteiger partial charge in [-0.25, -0.2) is 74.0 Å². The van der Waals surface area contributed by atoms with Crippen molar-refractivity contribution in [2.75, 3.05) is 119 Å². The van der Waals surface area contributed by atoms with Crippen molar-refractivity contribution in [3.05, 3.63) is 186 Å². The molecule has 3 saturated heterocycles. The lowest BCUT2D eigenvalue weighted by Gasteiger charge is -2.32. The predicted molar refractivity (Wildman–Crippen MR) is 411 cm³/mol. The van der Waals surface area contributed by atoms with E-state index in [4.69, 9.17) is 60.6 Å². The maximum Gasteiger partial charge on any atom is 0.338 e. The van der Waals surface area contributed by atoms with Crippen LogP contribution in [0.2, 0.25) is 5.02 Å². The van der Waals surface area contributed by atoms with Gasteiger partial charge in [0.15, 0.2) is 32.5 Å². The number of carbonyl (C=O) groups excluding carboxylic acids is 3. The van der Waals surface area contributed by atoms with Crippen LogP contribution in [-0.2, 0) is 52.5 Å². The first-order valence-corrected chi connectivity index (χ1v) is 39.8. The second-order valence-corrected chi connectivity index (χ2v) is 31.2. The third kappa shape index (κ3) is 22.8. The van der Waals surface area contributed by atoms with Crippen LogP contribution in [0, 0.1) is 29.3 Å². The van der Waals surface area contributed by atoms with Crippen LogP contribution in [0.4, 0.5) is 35.1 Å². The van der Waals surface area contributed by atoms with Crippen LogP contribution in [0.5, 0.6) is 0 Å². The molecule has 0 saturated carbocycles. The van der Waals surface area contributed by atoms with Crippen molar-refractivity contribution in [2.24, 2.45) is 26.8 Å². The monoisotopic (exact) mass is 1800 g/mol. The largest absolute Gasteiger partial charge is 0.480 e. The van der Waals surface area contributed by atoms with Crippen LogP contribution in [0.15, 0.2) is 147 Å². The average molecular weight is 1800 g/mol. The number of rotatable bonds is 30. The van der Waals surface area contributed by atoms with Gasteiger partial charge in [0, 0.05) is 123 Å². The first kappa shape index (κ1) is 87.8. The summed E-state index contributed by atoms with van der Waals surface area (Å²) in [6.07, 6.45) is 3.94. The third-order valence-corrected chi connectivity index (χ3v) is 22.2. The lowest BCUT2D eigenvalue weighted by molar-refractivity contribution is -0.145. The molecule has 12 rings (SSSR count). The van der Waals surface area contributed by atoms with Crippen molar-refractivity contribution in [2.45, 2.75) is 69.4 Å². The number of aromatic nitrogens is 3. The molecule has 0 radical (unpaired) electrons. The lowest BCUT2D eigenvalue weighted by atomic mass is 9.95. The zero-order valence-corrected chi connectivity index (χ0v) is 67.5. The number of hydrogen-bond donors (Lipinski definition) is 6. The standard InChI is InChI=1S/C25H28BrF2N5O4S.C24H24BrF3N4O5S.C24H24ClF3N4O5S/c1-3-37-25(36)21-19(12-33-10-15(28)8-16(33)11-32(2)13-20(34)35)30-23(24-29-6-7-38-24)31-22(21)17-5-4-14(27)9-18(17)26;2*1-2-37-23(35)19-17(9-32-8-13(24(27,28)12-32)10-36-11-18(33)34)30-21(22-29-5-6-38-22)31-20(19)15-4-3-14(26)7-16(15)25/h4-7,9,15-16,22H,3,8,10-13H2,1-2H3,(H,30,31)(H,34,35);2*3-7,13,20H,2,8-12H2,1H3,(H,30,31)(H,33,34)/t15?,16?,22-;2*13?,20-/m000/s1. The number of likely N-dealkylation sites (N-methyl/N-ethyl adjacent to an activating group) is 1. The topological polar surface area (TPSA) is 334 Å². The molecular weight excluding hydrogens is 1730 g/mol. The number of hydrogen-bond acceptors (Lipinski definition) is 27. The van der Waals surface area contributed by atoms with Gasteiger partial charge < -0.3 is 55.0 Å². The normalized spacial score (nSPS) is 21.5. The number of alkyl halides is 5. The first-order chi connectivity index (χ1) is 54.3. The van der Waals surface area contributed by atoms with Crippen LogP contribution in [0.25, 0.3) is 0 Å².